The molecule has 1 fully saturated rings. The van der Waals surface area contributed by atoms with Gasteiger partial charge in [-0.15, -0.1) is 0 Å². The Morgan fingerprint density at radius 1 is 1.17 bits per heavy atom. The Labute approximate surface area is 107 Å². The summed E-state index contributed by atoms with van der Waals surface area (Å²) in [4.78, 5) is 0. The van der Waals surface area contributed by atoms with Crippen molar-refractivity contribution < 1.29 is 8.78 Å². The van der Waals surface area contributed by atoms with Crippen LogP contribution in [0.2, 0.25) is 0 Å². The second-order valence-electron chi connectivity index (χ2n) is 6.49. The van der Waals surface area contributed by atoms with Gasteiger partial charge in [-0.3, -0.25) is 0 Å². The van der Waals surface area contributed by atoms with Crippen molar-refractivity contribution >= 4 is 0 Å². The van der Waals surface area contributed by atoms with Crippen LogP contribution in [-0.2, 0) is 10.8 Å². The molecule has 0 saturated heterocycles. The first-order chi connectivity index (χ1) is 8.20. The molecule has 0 bridgehead atoms. The lowest BCUT2D eigenvalue weighted by atomic mass is 9.59. The topological polar surface area (TPSA) is 26.0 Å². The molecule has 0 atom stereocenters. The molecule has 2 rings (SSSR count). The smallest absolute Gasteiger partial charge is 0.250 e. The van der Waals surface area contributed by atoms with Crippen LogP contribution in [0.4, 0.5) is 8.78 Å². The molecule has 0 heterocycles. The van der Waals surface area contributed by atoms with Crippen molar-refractivity contribution in [1.29, 1.82) is 0 Å². The van der Waals surface area contributed by atoms with Gasteiger partial charge in [0.1, 0.15) is 0 Å². The van der Waals surface area contributed by atoms with Gasteiger partial charge in [0.05, 0.1) is 0 Å². The normalized spacial score (nSPS) is 21.4. The summed E-state index contributed by atoms with van der Waals surface area (Å²) in [5.74, 6) is -2.55. The van der Waals surface area contributed by atoms with Crippen molar-refractivity contribution in [2.45, 2.75) is 50.4 Å². The van der Waals surface area contributed by atoms with E-state index in [9.17, 15) is 8.78 Å². The van der Waals surface area contributed by atoms with Gasteiger partial charge in [0.2, 0.25) is 5.92 Å². The van der Waals surface area contributed by atoms with E-state index in [4.69, 9.17) is 5.73 Å². The van der Waals surface area contributed by atoms with E-state index in [0.717, 1.165) is 11.1 Å². The monoisotopic (exact) mass is 253 g/mol. The summed E-state index contributed by atoms with van der Waals surface area (Å²) in [5, 5.41) is 0. The van der Waals surface area contributed by atoms with Crippen molar-refractivity contribution in [3.63, 3.8) is 0 Å². The fourth-order valence-electron chi connectivity index (χ4n) is 2.98. The summed E-state index contributed by atoms with van der Waals surface area (Å²) in [7, 11) is 0. The average molecular weight is 253 g/mol. The second-order valence-corrected chi connectivity index (χ2v) is 6.49. The van der Waals surface area contributed by atoms with Crippen LogP contribution in [0.15, 0.2) is 24.3 Å². The van der Waals surface area contributed by atoms with Crippen molar-refractivity contribution in [2.24, 2.45) is 5.73 Å². The van der Waals surface area contributed by atoms with E-state index in [0.29, 0.717) is 0 Å². The van der Waals surface area contributed by atoms with Crippen LogP contribution in [0.25, 0.3) is 0 Å². The number of alkyl halides is 2. The molecule has 18 heavy (non-hydrogen) atoms. The molecule has 1 nitrogen and oxygen atoms in total. The highest BCUT2D eigenvalue weighted by atomic mass is 19.3. The molecule has 1 saturated carbocycles. The van der Waals surface area contributed by atoms with Crippen molar-refractivity contribution in [1.82, 2.24) is 0 Å². The largest absolute Gasteiger partial charge is 0.330 e. The predicted molar refractivity (Wildman–Crippen MR) is 70.1 cm³/mol. The lowest BCUT2D eigenvalue weighted by Crippen LogP contribution is -2.54. The van der Waals surface area contributed by atoms with Gasteiger partial charge in [-0.2, -0.15) is 0 Å². The van der Waals surface area contributed by atoms with Crippen molar-refractivity contribution in [2.75, 3.05) is 6.54 Å². The third-order valence-electron chi connectivity index (χ3n) is 3.89. The van der Waals surface area contributed by atoms with Crippen LogP contribution in [0, 0.1) is 0 Å². The van der Waals surface area contributed by atoms with Crippen LogP contribution < -0.4 is 5.73 Å². The summed E-state index contributed by atoms with van der Waals surface area (Å²) in [5.41, 5.74) is 7.35. The molecule has 2 N–H and O–H groups in total. The number of benzene rings is 1. The lowest BCUT2D eigenvalue weighted by molar-refractivity contribution is -0.124. The van der Waals surface area contributed by atoms with E-state index < -0.39 is 11.3 Å². The van der Waals surface area contributed by atoms with Gasteiger partial charge in [0, 0.05) is 24.8 Å². The Hall–Kier alpha value is -0.960. The van der Waals surface area contributed by atoms with Gasteiger partial charge in [-0.1, -0.05) is 45.0 Å². The number of hydrogen-bond donors (Lipinski definition) is 1. The standard InChI is InChI=1S/C15H21F2N/c1-13(2,3)11-6-4-5-7-12(11)14(10-18)8-15(16,17)9-14/h4-7H,8-10,18H2,1-3H3. The van der Waals surface area contributed by atoms with E-state index in [-0.39, 0.29) is 24.8 Å². The zero-order valence-electron chi connectivity index (χ0n) is 11.3. The first-order valence-corrected chi connectivity index (χ1v) is 6.38. The Morgan fingerprint density at radius 3 is 2.17 bits per heavy atom. The minimum Gasteiger partial charge on any atom is -0.330 e. The fraction of sp³-hybridized carbons (Fsp3) is 0.600. The summed E-state index contributed by atoms with van der Waals surface area (Å²) in [6, 6.07) is 7.87. The van der Waals surface area contributed by atoms with E-state index in [1.54, 1.807) is 0 Å². The van der Waals surface area contributed by atoms with Gasteiger partial charge < -0.3 is 5.73 Å². The number of rotatable bonds is 2. The molecule has 3 heteroatoms. The van der Waals surface area contributed by atoms with E-state index >= 15 is 0 Å². The molecule has 1 aromatic carbocycles. The number of nitrogens with two attached hydrogens (primary N) is 1. The highest BCUT2D eigenvalue weighted by Gasteiger charge is 2.57. The highest BCUT2D eigenvalue weighted by molar-refractivity contribution is 5.41. The molecule has 1 aromatic rings. The van der Waals surface area contributed by atoms with E-state index in [1.807, 2.05) is 24.3 Å². The predicted octanol–water partition coefficient (Wildman–Crippen LogP) is 3.61. The molecule has 0 unspecified atom stereocenters. The molecule has 100 valence electrons. The maximum atomic E-state index is 13.3. The SMILES string of the molecule is CC(C)(C)c1ccccc1C1(CN)CC(F)(F)C1. The third kappa shape index (κ3) is 2.16. The minimum atomic E-state index is -2.55. The van der Waals surface area contributed by atoms with Crippen LogP contribution in [0.1, 0.15) is 44.7 Å². The second kappa shape index (κ2) is 4.02. The average Bonchev–Trinajstić information content (AvgIpc) is 2.24. The van der Waals surface area contributed by atoms with Gasteiger partial charge in [-0.05, 0) is 16.5 Å². The van der Waals surface area contributed by atoms with Crippen molar-refractivity contribution in [3.05, 3.63) is 35.4 Å². The lowest BCUT2D eigenvalue weighted by Gasteiger charge is -2.49. The van der Waals surface area contributed by atoms with E-state index in [2.05, 4.69) is 20.8 Å². The van der Waals surface area contributed by atoms with Gasteiger partial charge in [0.25, 0.3) is 0 Å². The summed E-state index contributed by atoms with van der Waals surface area (Å²) < 4.78 is 26.6. The third-order valence-corrected chi connectivity index (χ3v) is 3.89. The minimum absolute atomic E-state index is 0.0519. The highest BCUT2D eigenvalue weighted by Crippen LogP contribution is 2.54. The Bertz CT molecular complexity index is 438. The van der Waals surface area contributed by atoms with Crippen molar-refractivity contribution in [3.8, 4) is 0 Å². The van der Waals surface area contributed by atoms with E-state index in [1.165, 1.54) is 0 Å². The molecule has 1 aliphatic carbocycles. The number of halogens is 2. The van der Waals surface area contributed by atoms with Gasteiger partial charge in [-0.25, -0.2) is 8.78 Å². The molecule has 0 amide bonds. The Balaban J connectivity index is 2.45. The summed E-state index contributed by atoms with van der Waals surface area (Å²) in [6.45, 7) is 6.60. The Morgan fingerprint density at radius 2 is 1.72 bits per heavy atom. The van der Waals surface area contributed by atoms with Crippen LogP contribution >= 0.6 is 0 Å². The molecular formula is C15H21F2N. The first kappa shape index (κ1) is 13.5. The summed E-state index contributed by atoms with van der Waals surface area (Å²) >= 11 is 0. The molecule has 0 aliphatic heterocycles. The quantitative estimate of drug-likeness (QED) is 0.856. The Kier molecular flexibility index (Phi) is 3.01. The number of hydrogen-bond acceptors (Lipinski definition) is 1. The molecular weight excluding hydrogens is 232 g/mol. The van der Waals surface area contributed by atoms with Gasteiger partial charge >= 0.3 is 0 Å². The fourth-order valence-corrected chi connectivity index (χ4v) is 2.98. The maximum absolute atomic E-state index is 13.3. The zero-order valence-corrected chi connectivity index (χ0v) is 11.3. The van der Waals surface area contributed by atoms with Gasteiger partial charge in [0.15, 0.2) is 0 Å². The van der Waals surface area contributed by atoms with Crippen LogP contribution in [0.5, 0.6) is 0 Å². The van der Waals surface area contributed by atoms with Crippen LogP contribution in [0.3, 0.4) is 0 Å². The maximum Gasteiger partial charge on any atom is 0.250 e. The molecule has 1 aliphatic rings. The molecule has 0 aromatic heterocycles. The first-order valence-electron chi connectivity index (χ1n) is 6.38. The van der Waals surface area contributed by atoms with Crippen LogP contribution in [-0.4, -0.2) is 12.5 Å². The molecule has 0 radical (unpaired) electrons. The zero-order chi connectivity index (χ0) is 13.6. The molecule has 0 spiro atoms. The summed E-state index contributed by atoms with van der Waals surface area (Å²) in [6.07, 6.45) is -0.243.